The summed E-state index contributed by atoms with van der Waals surface area (Å²) >= 11 is 0. The molecule has 0 fully saturated rings. The van der Waals surface area contributed by atoms with Gasteiger partial charge in [-0.15, -0.1) is 0 Å². The summed E-state index contributed by atoms with van der Waals surface area (Å²) in [6, 6.07) is 24.8. The Morgan fingerprint density at radius 2 is 1.24 bits per heavy atom. The fourth-order valence-electron chi connectivity index (χ4n) is 3.25. The van der Waals surface area contributed by atoms with Crippen molar-refractivity contribution in [3.05, 3.63) is 84.4 Å². The summed E-state index contributed by atoms with van der Waals surface area (Å²) in [7, 11) is 1.51. The van der Waals surface area contributed by atoms with E-state index < -0.39 is 6.10 Å². The molecule has 6 heteroatoms. The molecule has 0 aliphatic heterocycles. The number of para-hydroxylation sites is 1. The highest BCUT2D eigenvalue weighted by atomic mass is 16.6. The third-order valence-electron chi connectivity index (χ3n) is 5.29. The predicted octanol–water partition coefficient (Wildman–Crippen LogP) is 5.83. The van der Waals surface area contributed by atoms with Gasteiger partial charge in [0.15, 0.2) is 6.10 Å². The Morgan fingerprint density at radius 1 is 0.735 bits per heavy atom. The fourth-order valence-corrected chi connectivity index (χ4v) is 3.25. The summed E-state index contributed by atoms with van der Waals surface area (Å²) in [4.78, 5) is 11.9. The van der Waals surface area contributed by atoms with E-state index in [1.807, 2.05) is 92.7 Å². The normalized spacial score (nSPS) is 13.4. The van der Waals surface area contributed by atoms with Crippen molar-refractivity contribution in [2.45, 2.75) is 45.5 Å². The highest BCUT2D eigenvalue weighted by Gasteiger charge is 2.20. The number of methoxy groups -OCH3 is 1. The van der Waals surface area contributed by atoms with Gasteiger partial charge in [0, 0.05) is 13.5 Å². The van der Waals surface area contributed by atoms with Gasteiger partial charge >= 0.3 is 5.97 Å². The molecule has 0 saturated carbocycles. The second-order valence-corrected chi connectivity index (χ2v) is 7.86. The molecule has 6 nitrogen and oxygen atoms in total. The lowest BCUT2D eigenvalue weighted by atomic mass is 10.1. The Hall–Kier alpha value is -3.51. The minimum Gasteiger partial charge on any atom is -0.487 e. The SMILES string of the molecule is CCOC(=O)[C@H](Cc1ccc(O[C@@H](C)[C@H](C)Oc2ccc(Oc3ccccc3)cc2)cc1)OC. The van der Waals surface area contributed by atoms with Crippen LogP contribution in [0.4, 0.5) is 0 Å². The molecule has 0 aliphatic rings. The number of esters is 1. The van der Waals surface area contributed by atoms with Crippen LogP contribution in [-0.4, -0.2) is 38.0 Å². The highest BCUT2D eigenvalue weighted by Crippen LogP contribution is 2.25. The number of ether oxygens (including phenoxy) is 5. The lowest BCUT2D eigenvalue weighted by Gasteiger charge is -2.23. The Balaban J connectivity index is 1.50. The van der Waals surface area contributed by atoms with Gasteiger partial charge in [-0.3, -0.25) is 0 Å². The van der Waals surface area contributed by atoms with Crippen molar-refractivity contribution in [2.24, 2.45) is 0 Å². The molecule has 0 unspecified atom stereocenters. The molecular formula is C28H32O6. The molecule has 0 aromatic heterocycles. The van der Waals surface area contributed by atoms with Crippen molar-refractivity contribution in [1.82, 2.24) is 0 Å². The molecular weight excluding hydrogens is 432 g/mol. The minimum atomic E-state index is -0.622. The van der Waals surface area contributed by atoms with Crippen molar-refractivity contribution < 1.29 is 28.5 Å². The van der Waals surface area contributed by atoms with Crippen molar-refractivity contribution in [3.8, 4) is 23.0 Å². The molecule has 180 valence electrons. The molecule has 0 radical (unpaired) electrons. The first-order chi connectivity index (χ1) is 16.5. The molecule has 0 saturated heterocycles. The van der Waals surface area contributed by atoms with Gasteiger partial charge in [0.05, 0.1) is 6.61 Å². The first-order valence-corrected chi connectivity index (χ1v) is 11.4. The van der Waals surface area contributed by atoms with Gasteiger partial charge in [-0.05, 0) is 74.9 Å². The molecule has 3 atom stereocenters. The average molecular weight is 465 g/mol. The standard InChI is InChI=1S/C28H32O6/c1-5-31-28(29)27(30-4)19-22-11-13-24(14-12-22)32-20(2)21(3)33-25-15-17-26(18-16-25)34-23-9-7-6-8-10-23/h6-18,20-21,27H,5,19H2,1-4H3/t20-,21-,27-/m0/s1. The second-order valence-electron chi connectivity index (χ2n) is 7.86. The predicted molar refractivity (Wildman–Crippen MR) is 131 cm³/mol. The molecule has 3 rings (SSSR count). The van der Waals surface area contributed by atoms with E-state index in [1.54, 1.807) is 6.92 Å². The minimum absolute atomic E-state index is 0.178. The Morgan fingerprint density at radius 3 is 1.76 bits per heavy atom. The van der Waals surface area contributed by atoms with Crippen LogP contribution in [0, 0.1) is 0 Å². The monoisotopic (exact) mass is 464 g/mol. The number of carbonyl (C=O) groups excluding carboxylic acids is 1. The zero-order valence-corrected chi connectivity index (χ0v) is 20.1. The van der Waals surface area contributed by atoms with Crippen molar-refractivity contribution in [2.75, 3.05) is 13.7 Å². The van der Waals surface area contributed by atoms with Gasteiger partial charge in [-0.2, -0.15) is 0 Å². The van der Waals surface area contributed by atoms with Gasteiger partial charge < -0.3 is 23.7 Å². The van der Waals surface area contributed by atoms with Gasteiger partial charge in [0.25, 0.3) is 0 Å². The zero-order valence-electron chi connectivity index (χ0n) is 20.1. The molecule has 0 spiro atoms. The lowest BCUT2D eigenvalue weighted by Crippen LogP contribution is -2.31. The summed E-state index contributed by atoms with van der Waals surface area (Å²) in [5.41, 5.74) is 0.960. The maximum absolute atomic E-state index is 11.9. The van der Waals surface area contributed by atoms with E-state index in [0.29, 0.717) is 13.0 Å². The van der Waals surface area contributed by atoms with Crippen LogP contribution < -0.4 is 14.2 Å². The molecule has 34 heavy (non-hydrogen) atoms. The quantitative estimate of drug-likeness (QED) is 0.314. The van der Waals surface area contributed by atoms with Crippen LogP contribution in [0.5, 0.6) is 23.0 Å². The molecule has 0 amide bonds. The van der Waals surface area contributed by atoms with E-state index in [1.165, 1.54) is 7.11 Å². The third kappa shape index (κ3) is 7.52. The molecule has 0 bridgehead atoms. The largest absolute Gasteiger partial charge is 0.487 e. The summed E-state index contributed by atoms with van der Waals surface area (Å²) in [5.74, 6) is 2.64. The Bertz CT molecular complexity index is 1000. The number of carbonyl (C=O) groups is 1. The number of rotatable bonds is 12. The summed E-state index contributed by atoms with van der Waals surface area (Å²) in [6.45, 7) is 6.04. The van der Waals surface area contributed by atoms with Crippen LogP contribution in [0.2, 0.25) is 0 Å². The molecule has 0 N–H and O–H groups in total. The average Bonchev–Trinajstić information content (AvgIpc) is 2.85. The maximum atomic E-state index is 11.9. The van der Waals surface area contributed by atoms with Gasteiger partial charge in [0.1, 0.15) is 35.2 Å². The lowest BCUT2D eigenvalue weighted by molar-refractivity contribution is -0.154. The Kier molecular flexibility index (Phi) is 9.35. The van der Waals surface area contributed by atoms with E-state index in [0.717, 1.165) is 28.6 Å². The maximum Gasteiger partial charge on any atom is 0.335 e. The summed E-state index contributed by atoms with van der Waals surface area (Å²) in [5, 5.41) is 0. The van der Waals surface area contributed by atoms with E-state index in [9.17, 15) is 4.79 Å². The molecule has 0 aliphatic carbocycles. The number of hydrogen-bond donors (Lipinski definition) is 0. The van der Waals surface area contributed by atoms with Crippen molar-refractivity contribution in [1.29, 1.82) is 0 Å². The zero-order chi connectivity index (χ0) is 24.3. The van der Waals surface area contributed by atoms with Crippen LogP contribution in [0.3, 0.4) is 0 Å². The van der Waals surface area contributed by atoms with Crippen LogP contribution in [0.15, 0.2) is 78.9 Å². The second kappa shape index (κ2) is 12.7. The van der Waals surface area contributed by atoms with Crippen molar-refractivity contribution >= 4 is 5.97 Å². The van der Waals surface area contributed by atoms with Gasteiger partial charge in [0.2, 0.25) is 0 Å². The fraction of sp³-hybridized carbons (Fsp3) is 0.321. The third-order valence-corrected chi connectivity index (χ3v) is 5.29. The van der Waals surface area contributed by atoms with Gasteiger partial charge in [-0.25, -0.2) is 4.79 Å². The first kappa shape index (κ1) is 25.1. The van der Waals surface area contributed by atoms with Crippen LogP contribution >= 0.6 is 0 Å². The number of benzene rings is 3. The summed E-state index contributed by atoms with van der Waals surface area (Å²) in [6.07, 6.45) is -0.544. The van der Waals surface area contributed by atoms with E-state index >= 15 is 0 Å². The topological polar surface area (TPSA) is 63.2 Å². The van der Waals surface area contributed by atoms with E-state index in [2.05, 4.69) is 0 Å². The van der Waals surface area contributed by atoms with Crippen LogP contribution in [-0.2, 0) is 20.7 Å². The molecule has 0 heterocycles. The van der Waals surface area contributed by atoms with Gasteiger partial charge in [-0.1, -0.05) is 30.3 Å². The van der Waals surface area contributed by atoms with Crippen molar-refractivity contribution in [3.63, 3.8) is 0 Å². The molecule has 3 aromatic carbocycles. The van der Waals surface area contributed by atoms with Crippen LogP contribution in [0.25, 0.3) is 0 Å². The van der Waals surface area contributed by atoms with E-state index in [-0.39, 0.29) is 18.2 Å². The summed E-state index contributed by atoms with van der Waals surface area (Å²) < 4.78 is 28.2. The highest BCUT2D eigenvalue weighted by molar-refractivity contribution is 5.75. The number of hydrogen-bond acceptors (Lipinski definition) is 6. The van der Waals surface area contributed by atoms with E-state index in [4.69, 9.17) is 23.7 Å². The Labute approximate surface area is 201 Å². The van der Waals surface area contributed by atoms with Crippen LogP contribution in [0.1, 0.15) is 26.3 Å². The first-order valence-electron chi connectivity index (χ1n) is 11.4. The smallest absolute Gasteiger partial charge is 0.335 e. The molecule has 3 aromatic rings.